The lowest BCUT2D eigenvalue weighted by Crippen LogP contribution is -2.35. The fourth-order valence-electron chi connectivity index (χ4n) is 3.95. The van der Waals surface area contributed by atoms with Crippen LogP contribution in [0.3, 0.4) is 0 Å². The first-order valence-corrected chi connectivity index (χ1v) is 12.5. The summed E-state index contributed by atoms with van der Waals surface area (Å²) >= 11 is 1.38. The molecule has 1 atom stereocenters. The Bertz CT molecular complexity index is 1370. The summed E-state index contributed by atoms with van der Waals surface area (Å²) in [5.41, 5.74) is 8.09. The maximum Gasteiger partial charge on any atom is 0.264 e. The molecule has 0 aliphatic carbocycles. The largest absolute Gasteiger partial charge is 0.485 e. The molecule has 0 unspecified atom stereocenters. The van der Waals surface area contributed by atoms with Crippen LogP contribution in [-0.2, 0) is 17.8 Å². The maximum absolute atomic E-state index is 14.0. The molecule has 0 fully saturated rings. The highest BCUT2D eigenvalue weighted by Gasteiger charge is 2.23. The fraction of sp³-hybridized carbons (Fsp3) is 0.333. The number of pyridine rings is 1. The predicted octanol–water partition coefficient (Wildman–Crippen LogP) is 6.06. The first-order valence-electron chi connectivity index (χ1n) is 11.7. The minimum absolute atomic E-state index is 0.0113. The van der Waals surface area contributed by atoms with E-state index in [1.54, 1.807) is 19.2 Å². The van der Waals surface area contributed by atoms with Crippen LogP contribution >= 0.6 is 11.3 Å². The second-order valence-electron chi connectivity index (χ2n) is 9.74. The van der Waals surface area contributed by atoms with Crippen molar-refractivity contribution in [2.24, 2.45) is 5.73 Å². The number of nitrogens with zero attached hydrogens (tertiary/aromatic N) is 2. The van der Waals surface area contributed by atoms with Crippen LogP contribution in [0.15, 0.2) is 54.9 Å². The number of fused-ring (bicyclic) bond motifs is 1. The summed E-state index contributed by atoms with van der Waals surface area (Å²) in [5, 5.41) is 3.32. The number of benzene rings is 1. The molecular formula is C27H30F2N4O2S. The summed E-state index contributed by atoms with van der Waals surface area (Å²) in [6, 6.07) is 12.6. The van der Waals surface area contributed by atoms with E-state index in [9.17, 15) is 13.6 Å². The molecule has 3 aromatic heterocycles. The number of rotatable bonds is 9. The van der Waals surface area contributed by atoms with Crippen molar-refractivity contribution in [1.82, 2.24) is 14.7 Å². The minimum atomic E-state index is -2.65. The SMILES string of the molecule is C[C@@H](Oc1cc(-c2cnc3ccccn23)sc1CC(N)=O)c1ccc(CNC(C)(C)C)cc1C(F)F. The molecule has 4 rings (SSSR count). The van der Waals surface area contributed by atoms with E-state index < -0.39 is 18.4 Å². The summed E-state index contributed by atoms with van der Waals surface area (Å²) in [4.78, 5) is 17.6. The number of nitrogens with one attached hydrogen (secondary N) is 1. The highest BCUT2D eigenvalue weighted by molar-refractivity contribution is 7.15. The average molecular weight is 513 g/mol. The summed E-state index contributed by atoms with van der Waals surface area (Å²) in [5.74, 6) is -0.0473. The van der Waals surface area contributed by atoms with E-state index in [0.717, 1.165) is 21.8 Å². The number of nitrogens with two attached hydrogens (primary N) is 1. The van der Waals surface area contributed by atoms with Crippen molar-refractivity contribution in [3.05, 3.63) is 76.4 Å². The zero-order valence-corrected chi connectivity index (χ0v) is 21.5. The highest BCUT2D eigenvalue weighted by atomic mass is 32.1. The van der Waals surface area contributed by atoms with Crippen molar-refractivity contribution in [3.8, 4) is 16.3 Å². The second kappa shape index (κ2) is 10.4. The summed E-state index contributed by atoms with van der Waals surface area (Å²) < 4.78 is 36.2. The first-order chi connectivity index (χ1) is 17.0. The van der Waals surface area contributed by atoms with E-state index in [1.807, 2.05) is 61.7 Å². The highest BCUT2D eigenvalue weighted by Crippen LogP contribution is 2.40. The molecule has 0 saturated carbocycles. The molecule has 0 spiro atoms. The molecule has 6 nitrogen and oxygen atoms in total. The quantitative estimate of drug-likeness (QED) is 0.286. The third-order valence-electron chi connectivity index (χ3n) is 5.73. The van der Waals surface area contributed by atoms with Crippen molar-refractivity contribution in [2.75, 3.05) is 0 Å². The van der Waals surface area contributed by atoms with Crippen molar-refractivity contribution < 1.29 is 18.3 Å². The zero-order valence-electron chi connectivity index (χ0n) is 20.7. The molecule has 1 aromatic carbocycles. The van der Waals surface area contributed by atoms with Gasteiger partial charge in [-0.1, -0.05) is 18.2 Å². The molecule has 1 amide bonds. The van der Waals surface area contributed by atoms with Crippen LogP contribution in [-0.4, -0.2) is 20.8 Å². The Kier molecular flexibility index (Phi) is 7.42. The Morgan fingerprint density at radius 1 is 1.19 bits per heavy atom. The van der Waals surface area contributed by atoms with Gasteiger partial charge in [-0.2, -0.15) is 0 Å². The van der Waals surface area contributed by atoms with Gasteiger partial charge in [0.15, 0.2) is 0 Å². The second-order valence-corrected chi connectivity index (χ2v) is 10.9. The van der Waals surface area contributed by atoms with E-state index >= 15 is 0 Å². The van der Waals surface area contributed by atoms with Crippen molar-refractivity contribution >= 4 is 22.9 Å². The fourth-order valence-corrected chi connectivity index (χ4v) is 5.06. The molecule has 36 heavy (non-hydrogen) atoms. The molecule has 0 aliphatic rings. The van der Waals surface area contributed by atoms with Gasteiger partial charge >= 0.3 is 0 Å². The number of halogens is 2. The molecule has 3 N–H and O–H groups in total. The third kappa shape index (κ3) is 5.91. The standard InChI is InChI=1S/C27H30F2N4O2S/c1-16(18-9-8-17(11-19(18)26(28)29)14-32-27(2,3)4)35-21-12-22(36-23(21)13-24(30)34)20-15-31-25-7-5-6-10-33(20)25/h5-12,15-16,26,32H,13-14H2,1-4H3,(H2,30,34)/t16-/m1/s1. The maximum atomic E-state index is 14.0. The third-order valence-corrected chi connectivity index (χ3v) is 6.86. The molecular weight excluding hydrogens is 482 g/mol. The molecule has 3 heterocycles. The number of amides is 1. The number of alkyl halides is 2. The van der Waals surface area contributed by atoms with Crippen LogP contribution in [0.4, 0.5) is 8.78 Å². The van der Waals surface area contributed by atoms with Gasteiger partial charge in [-0.05, 0) is 51.5 Å². The van der Waals surface area contributed by atoms with Crippen LogP contribution < -0.4 is 15.8 Å². The van der Waals surface area contributed by atoms with Gasteiger partial charge in [-0.25, -0.2) is 13.8 Å². The number of hydrogen-bond donors (Lipinski definition) is 2. The van der Waals surface area contributed by atoms with Crippen molar-refractivity contribution in [3.63, 3.8) is 0 Å². The van der Waals surface area contributed by atoms with E-state index in [1.165, 1.54) is 17.4 Å². The monoisotopic (exact) mass is 512 g/mol. The smallest absolute Gasteiger partial charge is 0.264 e. The van der Waals surface area contributed by atoms with Crippen LogP contribution in [0.25, 0.3) is 16.2 Å². The Hall–Kier alpha value is -3.30. The number of ether oxygens (including phenoxy) is 1. The first kappa shape index (κ1) is 25.8. The predicted molar refractivity (Wildman–Crippen MR) is 138 cm³/mol. The number of thiophene rings is 1. The summed E-state index contributed by atoms with van der Waals surface area (Å²) in [7, 11) is 0. The van der Waals surface area contributed by atoms with E-state index in [4.69, 9.17) is 10.5 Å². The van der Waals surface area contributed by atoms with E-state index in [-0.39, 0.29) is 17.5 Å². The zero-order chi connectivity index (χ0) is 26.0. The van der Waals surface area contributed by atoms with Gasteiger partial charge in [0.25, 0.3) is 6.43 Å². The van der Waals surface area contributed by atoms with Gasteiger partial charge in [-0.15, -0.1) is 11.3 Å². The van der Waals surface area contributed by atoms with Gasteiger partial charge in [-0.3, -0.25) is 9.20 Å². The van der Waals surface area contributed by atoms with Gasteiger partial charge in [0, 0.05) is 35.5 Å². The molecule has 190 valence electrons. The van der Waals surface area contributed by atoms with Crippen LogP contribution in [0.2, 0.25) is 0 Å². The Morgan fingerprint density at radius 3 is 2.67 bits per heavy atom. The van der Waals surface area contributed by atoms with Gasteiger partial charge in [0.1, 0.15) is 17.5 Å². The van der Waals surface area contributed by atoms with Crippen LogP contribution in [0.1, 0.15) is 61.8 Å². The molecule has 0 aliphatic heterocycles. The number of imidazole rings is 1. The van der Waals surface area contributed by atoms with Crippen LogP contribution in [0.5, 0.6) is 5.75 Å². The molecule has 0 radical (unpaired) electrons. The Labute approximate surface area is 213 Å². The average Bonchev–Trinajstić information content (AvgIpc) is 3.40. The van der Waals surface area contributed by atoms with Gasteiger partial charge in [0.05, 0.1) is 28.1 Å². The normalized spacial score (nSPS) is 12.9. The van der Waals surface area contributed by atoms with E-state index in [2.05, 4.69) is 10.3 Å². The topological polar surface area (TPSA) is 81.7 Å². The van der Waals surface area contributed by atoms with Gasteiger partial charge in [0.2, 0.25) is 5.91 Å². The lowest BCUT2D eigenvalue weighted by Gasteiger charge is -2.22. The molecule has 4 aromatic rings. The summed E-state index contributed by atoms with van der Waals surface area (Å²) in [6.07, 6.45) is 0.320. The number of primary amides is 1. The summed E-state index contributed by atoms with van der Waals surface area (Å²) in [6.45, 7) is 8.29. The number of carbonyl (C=O) groups is 1. The Balaban J connectivity index is 1.64. The van der Waals surface area contributed by atoms with Gasteiger partial charge < -0.3 is 15.8 Å². The van der Waals surface area contributed by atoms with E-state index in [0.29, 0.717) is 22.7 Å². The number of hydrogen-bond acceptors (Lipinski definition) is 5. The molecule has 9 heteroatoms. The van der Waals surface area contributed by atoms with Crippen molar-refractivity contribution in [1.29, 1.82) is 0 Å². The lowest BCUT2D eigenvalue weighted by molar-refractivity contribution is -0.117. The Morgan fingerprint density at radius 2 is 1.97 bits per heavy atom. The number of carbonyl (C=O) groups excluding carboxylic acids is 1. The molecule has 0 bridgehead atoms. The van der Waals surface area contributed by atoms with Crippen molar-refractivity contribution in [2.45, 2.75) is 58.7 Å². The minimum Gasteiger partial charge on any atom is -0.485 e. The lowest BCUT2D eigenvalue weighted by atomic mass is 9.99. The molecule has 0 saturated heterocycles. The number of aromatic nitrogens is 2. The van der Waals surface area contributed by atoms with Crippen LogP contribution in [0, 0.1) is 0 Å².